The maximum absolute atomic E-state index is 13.4. The van der Waals surface area contributed by atoms with E-state index in [0.717, 1.165) is 5.56 Å². The molecular formula is C24H37N5O4. The van der Waals surface area contributed by atoms with E-state index in [2.05, 4.69) is 32.7 Å². The lowest BCUT2D eigenvalue weighted by atomic mass is 10.1. The Balaban J connectivity index is 2.50. The van der Waals surface area contributed by atoms with E-state index < -0.39 is 11.2 Å². The largest absolute Gasteiger partial charge is 0.383 e. The Morgan fingerprint density at radius 3 is 2.24 bits per heavy atom. The van der Waals surface area contributed by atoms with E-state index in [4.69, 9.17) is 10.5 Å². The van der Waals surface area contributed by atoms with Crippen molar-refractivity contribution in [3.63, 3.8) is 0 Å². The zero-order valence-corrected chi connectivity index (χ0v) is 20.3. The first-order valence-electron chi connectivity index (χ1n) is 11.3. The number of nitrogens with zero attached hydrogens (tertiary/aromatic N) is 3. The standard InChI is InChI=1S/C24H37N5O4/c1-17(2)13-27(14-18(3)4)20(30)16-28(15-19-9-7-6-8-10-19)21-22(25)29(11-12-33-5)24(32)26-23(21)31/h6-10,17-18H,11-16,25H2,1-5H3,(H,26,31,32). The number of nitrogens with two attached hydrogens (primary N) is 1. The third kappa shape index (κ3) is 7.49. The van der Waals surface area contributed by atoms with Crippen LogP contribution in [0.5, 0.6) is 0 Å². The molecule has 0 spiro atoms. The van der Waals surface area contributed by atoms with Gasteiger partial charge < -0.3 is 20.3 Å². The number of methoxy groups -OCH3 is 1. The molecule has 1 aromatic heterocycles. The molecule has 0 saturated carbocycles. The van der Waals surface area contributed by atoms with Gasteiger partial charge in [-0.05, 0) is 17.4 Å². The number of amides is 1. The lowest BCUT2D eigenvalue weighted by Crippen LogP contribution is -2.46. The molecule has 1 heterocycles. The molecule has 0 fully saturated rings. The second-order valence-electron chi connectivity index (χ2n) is 9.07. The molecule has 3 N–H and O–H groups in total. The molecule has 0 aliphatic rings. The highest BCUT2D eigenvalue weighted by Gasteiger charge is 2.24. The number of H-pyrrole nitrogens is 1. The van der Waals surface area contributed by atoms with Gasteiger partial charge in [0, 0.05) is 26.7 Å². The number of carbonyl (C=O) groups is 1. The number of nitrogen functional groups attached to an aromatic ring is 1. The highest BCUT2D eigenvalue weighted by Crippen LogP contribution is 2.20. The van der Waals surface area contributed by atoms with Crippen LogP contribution in [0, 0.1) is 11.8 Å². The number of ether oxygens (including phenoxy) is 1. The van der Waals surface area contributed by atoms with E-state index in [9.17, 15) is 14.4 Å². The lowest BCUT2D eigenvalue weighted by molar-refractivity contribution is -0.130. The summed E-state index contributed by atoms with van der Waals surface area (Å²) in [7, 11) is 1.52. The monoisotopic (exact) mass is 459 g/mol. The predicted molar refractivity (Wildman–Crippen MR) is 131 cm³/mol. The van der Waals surface area contributed by atoms with Crippen LogP contribution < -0.4 is 21.9 Å². The van der Waals surface area contributed by atoms with Crippen LogP contribution in [0.1, 0.15) is 33.3 Å². The van der Waals surface area contributed by atoms with Crippen LogP contribution in [0.3, 0.4) is 0 Å². The summed E-state index contributed by atoms with van der Waals surface area (Å²) >= 11 is 0. The molecule has 0 saturated heterocycles. The highest BCUT2D eigenvalue weighted by atomic mass is 16.5. The first-order valence-corrected chi connectivity index (χ1v) is 11.3. The van der Waals surface area contributed by atoms with Gasteiger partial charge in [0.05, 0.1) is 19.7 Å². The fraction of sp³-hybridized carbons (Fsp3) is 0.542. The zero-order valence-electron chi connectivity index (χ0n) is 20.3. The SMILES string of the molecule is COCCn1c(N)c(N(CC(=O)N(CC(C)C)CC(C)C)Cc2ccccc2)c(=O)[nH]c1=O. The summed E-state index contributed by atoms with van der Waals surface area (Å²) in [6, 6.07) is 9.53. The first kappa shape index (κ1) is 26.2. The molecule has 33 heavy (non-hydrogen) atoms. The Bertz CT molecular complexity index is 1000. The summed E-state index contributed by atoms with van der Waals surface area (Å²) in [5.74, 6) is 0.532. The molecule has 0 aliphatic heterocycles. The van der Waals surface area contributed by atoms with Crippen molar-refractivity contribution in [1.82, 2.24) is 14.5 Å². The van der Waals surface area contributed by atoms with Crippen LogP contribution in [0.15, 0.2) is 39.9 Å². The van der Waals surface area contributed by atoms with Crippen molar-refractivity contribution in [1.29, 1.82) is 0 Å². The molecule has 2 aromatic rings. The average Bonchev–Trinajstić information content (AvgIpc) is 2.73. The van der Waals surface area contributed by atoms with E-state index >= 15 is 0 Å². The van der Waals surface area contributed by atoms with Crippen LogP contribution in [0.2, 0.25) is 0 Å². The maximum Gasteiger partial charge on any atom is 0.330 e. The summed E-state index contributed by atoms with van der Waals surface area (Å²) in [6.45, 7) is 10.2. The molecule has 0 radical (unpaired) electrons. The molecule has 9 nitrogen and oxygen atoms in total. The minimum Gasteiger partial charge on any atom is -0.383 e. The van der Waals surface area contributed by atoms with Crippen molar-refractivity contribution in [3.8, 4) is 0 Å². The fourth-order valence-corrected chi connectivity index (χ4v) is 3.73. The number of hydrogen-bond donors (Lipinski definition) is 2. The normalized spacial score (nSPS) is 11.2. The number of aromatic nitrogens is 2. The van der Waals surface area contributed by atoms with E-state index in [1.54, 1.807) is 4.90 Å². The molecular weight excluding hydrogens is 422 g/mol. The third-order valence-corrected chi connectivity index (χ3v) is 5.12. The number of anilines is 2. The van der Waals surface area contributed by atoms with E-state index in [1.807, 2.05) is 35.2 Å². The van der Waals surface area contributed by atoms with Gasteiger partial charge in [-0.3, -0.25) is 19.1 Å². The second kappa shape index (κ2) is 12.2. The number of nitrogens with one attached hydrogen (secondary N) is 1. The highest BCUT2D eigenvalue weighted by molar-refractivity contribution is 5.82. The molecule has 9 heteroatoms. The second-order valence-corrected chi connectivity index (χ2v) is 9.07. The summed E-state index contributed by atoms with van der Waals surface area (Å²) in [5.41, 5.74) is 6.12. The van der Waals surface area contributed by atoms with E-state index in [0.29, 0.717) is 31.5 Å². The molecule has 182 valence electrons. The number of hydrogen-bond acceptors (Lipinski definition) is 6. The summed E-state index contributed by atoms with van der Waals surface area (Å²) in [5, 5.41) is 0. The van der Waals surface area contributed by atoms with Crippen LogP contribution in [-0.2, 0) is 22.6 Å². The van der Waals surface area contributed by atoms with Crippen molar-refractivity contribution in [3.05, 3.63) is 56.7 Å². The molecule has 0 aliphatic carbocycles. The third-order valence-electron chi connectivity index (χ3n) is 5.12. The number of carbonyl (C=O) groups excluding carboxylic acids is 1. The number of rotatable bonds is 12. The molecule has 1 amide bonds. The minimum absolute atomic E-state index is 0.0174. The van der Waals surface area contributed by atoms with Gasteiger partial charge in [-0.1, -0.05) is 58.0 Å². The molecule has 1 aromatic carbocycles. The van der Waals surface area contributed by atoms with Crippen LogP contribution in [0.4, 0.5) is 11.5 Å². The predicted octanol–water partition coefficient (Wildman–Crippen LogP) is 1.91. The van der Waals surface area contributed by atoms with Gasteiger partial charge in [0.25, 0.3) is 5.56 Å². The Labute approximate surface area is 195 Å². The molecule has 2 rings (SSSR count). The molecule has 0 unspecified atom stereocenters. The van der Waals surface area contributed by atoms with Gasteiger partial charge in [-0.25, -0.2) is 4.79 Å². The van der Waals surface area contributed by atoms with E-state index in [1.165, 1.54) is 11.7 Å². The van der Waals surface area contributed by atoms with Gasteiger partial charge in [0.1, 0.15) is 11.5 Å². The van der Waals surface area contributed by atoms with Gasteiger partial charge in [-0.2, -0.15) is 0 Å². The van der Waals surface area contributed by atoms with Crippen LogP contribution in [0.25, 0.3) is 0 Å². The van der Waals surface area contributed by atoms with Gasteiger partial charge in [0.2, 0.25) is 5.91 Å². The topological polar surface area (TPSA) is 114 Å². The van der Waals surface area contributed by atoms with Crippen LogP contribution >= 0.6 is 0 Å². The average molecular weight is 460 g/mol. The first-order chi connectivity index (χ1) is 15.6. The Kier molecular flexibility index (Phi) is 9.72. The van der Waals surface area contributed by atoms with Crippen LogP contribution in [-0.4, -0.2) is 53.7 Å². The molecule has 0 atom stereocenters. The van der Waals surface area contributed by atoms with Gasteiger partial charge in [0.15, 0.2) is 0 Å². The van der Waals surface area contributed by atoms with Crippen molar-refractivity contribution in [2.24, 2.45) is 11.8 Å². The maximum atomic E-state index is 13.4. The van der Waals surface area contributed by atoms with Crippen molar-refractivity contribution >= 4 is 17.4 Å². The lowest BCUT2D eigenvalue weighted by Gasteiger charge is -2.31. The smallest absolute Gasteiger partial charge is 0.330 e. The summed E-state index contributed by atoms with van der Waals surface area (Å²) in [4.78, 5) is 44.4. The summed E-state index contributed by atoms with van der Waals surface area (Å²) in [6.07, 6.45) is 0. The van der Waals surface area contributed by atoms with Gasteiger partial charge in [-0.15, -0.1) is 0 Å². The van der Waals surface area contributed by atoms with Crippen molar-refractivity contribution < 1.29 is 9.53 Å². The molecule has 0 bridgehead atoms. The fourth-order valence-electron chi connectivity index (χ4n) is 3.73. The quantitative estimate of drug-likeness (QED) is 0.501. The minimum atomic E-state index is -0.617. The number of aromatic amines is 1. The number of benzene rings is 1. The Morgan fingerprint density at radius 2 is 1.70 bits per heavy atom. The van der Waals surface area contributed by atoms with Gasteiger partial charge >= 0.3 is 5.69 Å². The Hall–Kier alpha value is -3.07. The Morgan fingerprint density at radius 1 is 1.09 bits per heavy atom. The van der Waals surface area contributed by atoms with Crippen molar-refractivity contribution in [2.45, 2.75) is 40.8 Å². The zero-order chi connectivity index (χ0) is 24.5. The summed E-state index contributed by atoms with van der Waals surface area (Å²) < 4.78 is 6.34. The van der Waals surface area contributed by atoms with E-state index in [-0.39, 0.29) is 37.1 Å². The van der Waals surface area contributed by atoms with Crippen molar-refractivity contribution in [2.75, 3.05) is 44.0 Å².